The van der Waals surface area contributed by atoms with Gasteiger partial charge in [0.2, 0.25) is 5.89 Å². The number of aliphatic hydroxyl groups is 1. The number of amides is 1. The highest BCUT2D eigenvalue weighted by Gasteiger charge is 2.31. The molecule has 20 heavy (non-hydrogen) atoms. The van der Waals surface area contributed by atoms with Gasteiger partial charge in [0.15, 0.2) is 0 Å². The standard InChI is InChI=1S/C14H22N2O4/c1-14(2,3)20-13(18)16-7-4-10(5-8-16)11(17)12-15-6-9-19-12/h6,9-11,17H,4-5,7-8H2,1-3H3/t11-/m1/s1. The number of piperidine rings is 1. The van der Waals surface area contributed by atoms with Gasteiger partial charge in [0.05, 0.1) is 6.20 Å². The van der Waals surface area contributed by atoms with Crippen LogP contribution in [-0.4, -0.2) is 39.8 Å². The number of oxazole rings is 1. The zero-order chi connectivity index (χ0) is 14.8. The van der Waals surface area contributed by atoms with E-state index in [-0.39, 0.29) is 12.0 Å². The lowest BCUT2D eigenvalue weighted by atomic mass is 9.91. The summed E-state index contributed by atoms with van der Waals surface area (Å²) in [6, 6.07) is 0. The molecule has 112 valence electrons. The van der Waals surface area contributed by atoms with Crippen molar-refractivity contribution in [3.63, 3.8) is 0 Å². The van der Waals surface area contributed by atoms with Crippen molar-refractivity contribution < 1.29 is 19.1 Å². The molecule has 1 aliphatic heterocycles. The number of carbonyl (C=O) groups is 1. The SMILES string of the molecule is CC(C)(C)OC(=O)N1CCC([C@@H](O)c2ncco2)CC1. The molecule has 0 unspecified atom stereocenters. The number of hydrogen-bond acceptors (Lipinski definition) is 5. The molecule has 1 aliphatic rings. The van der Waals surface area contributed by atoms with E-state index in [9.17, 15) is 9.90 Å². The number of carbonyl (C=O) groups excluding carboxylic acids is 1. The van der Waals surface area contributed by atoms with Crippen LogP contribution in [0.4, 0.5) is 4.79 Å². The number of nitrogens with zero attached hydrogens (tertiary/aromatic N) is 2. The maximum atomic E-state index is 11.9. The van der Waals surface area contributed by atoms with E-state index in [0.29, 0.717) is 31.8 Å². The van der Waals surface area contributed by atoms with E-state index < -0.39 is 11.7 Å². The quantitative estimate of drug-likeness (QED) is 0.901. The van der Waals surface area contributed by atoms with Gasteiger partial charge in [-0.05, 0) is 39.5 Å². The minimum Gasteiger partial charge on any atom is -0.446 e. The van der Waals surface area contributed by atoms with Crippen molar-refractivity contribution in [2.75, 3.05) is 13.1 Å². The van der Waals surface area contributed by atoms with Crippen molar-refractivity contribution in [1.29, 1.82) is 0 Å². The summed E-state index contributed by atoms with van der Waals surface area (Å²) in [5.41, 5.74) is -0.481. The van der Waals surface area contributed by atoms with Crippen LogP contribution in [0.1, 0.15) is 45.6 Å². The Hall–Kier alpha value is -1.56. The van der Waals surface area contributed by atoms with E-state index in [2.05, 4.69) is 4.98 Å². The second-order valence-electron chi connectivity index (χ2n) is 6.12. The van der Waals surface area contributed by atoms with Gasteiger partial charge < -0.3 is 19.2 Å². The first-order valence-corrected chi connectivity index (χ1v) is 6.92. The highest BCUT2D eigenvalue weighted by Crippen LogP contribution is 2.30. The van der Waals surface area contributed by atoms with Gasteiger partial charge in [-0.25, -0.2) is 9.78 Å². The highest BCUT2D eigenvalue weighted by atomic mass is 16.6. The number of ether oxygens (including phenoxy) is 1. The molecule has 1 aromatic heterocycles. The fraction of sp³-hybridized carbons (Fsp3) is 0.714. The van der Waals surface area contributed by atoms with Crippen LogP contribution >= 0.6 is 0 Å². The molecule has 1 fully saturated rings. The lowest BCUT2D eigenvalue weighted by Gasteiger charge is -2.34. The molecule has 0 bridgehead atoms. The van der Waals surface area contributed by atoms with Crippen molar-refractivity contribution in [3.05, 3.63) is 18.4 Å². The summed E-state index contributed by atoms with van der Waals surface area (Å²) < 4.78 is 10.5. The molecule has 1 aromatic rings. The van der Waals surface area contributed by atoms with E-state index in [0.717, 1.165) is 0 Å². The fourth-order valence-electron chi connectivity index (χ4n) is 2.31. The van der Waals surface area contributed by atoms with Gasteiger partial charge in [0.1, 0.15) is 18.0 Å². The zero-order valence-corrected chi connectivity index (χ0v) is 12.2. The first-order chi connectivity index (χ1) is 9.37. The molecule has 0 aliphatic carbocycles. The molecular weight excluding hydrogens is 260 g/mol. The molecule has 0 saturated carbocycles. The molecule has 2 heterocycles. The third-order valence-electron chi connectivity index (χ3n) is 3.34. The molecule has 0 aromatic carbocycles. The zero-order valence-electron chi connectivity index (χ0n) is 12.2. The summed E-state index contributed by atoms with van der Waals surface area (Å²) in [6.45, 7) is 6.71. The van der Waals surface area contributed by atoms with E-state index >= 15 is 0 Å². The average Bonchev–Trinajstić information content (AvgIpc) is 2.90. The second kappa shape index (κ2) is 5.83. The van der Waals surface area contributed by atoms with E-state index in [1.54, 1.807) is 4.90 Å². The largest absolute Gasteiger partial charge is 0.446 e. The van der Waals surface area contributed by atoms with Crippen LogP contribution in [0.2, 0.25) is 0 Å². The average molecular weight is 282 g/mol. The van der Waals surface area contributed by atoms with Crippen LogP contribution in [0.3, 0.4) is 0 Å². The molecule has 6 heteroatoms. The maximum Gasteiger partial charge on any atom is 0.410 e. The van der Waals surface area contributed by atoms with Crippen LogP contribution in [0, 0.1) is 5.92 Å². The van der Waals surface area contributed by atoms with Crippen molar-refractivity contribution in [2.24, 2.45) is 5.92 Å². The summed E-state index contributed by atoms with van der Waals surface area (Å²) in [4.78, 5) is 17.6. The molecule has 1 saturated heterocycles. The van der Waals surface area contributed by atoms with E-state index in [1.807, 2.05) is 20.8 Å². The number of hydrogen-bond donors (Lipinski definition) is 1. The lowest BCUT2D eigenvalue weighted by molar-refractivity contribution is 0.00375. The van der Waals surface area contributed by atoms with Crippen molar-refractivity contribution >= 4 is 6.09 Å². The number of likely N-dealkylation sites (tertiary alicyclic amines) is 1. The Balaban J connectivity index is 1.85. The van der Waals surface area contributed by atoms with E-state index in [1.165, 1.54) is 12.5 Å². The van der Waals surface area contributed by atoms with Crippen molar-refractivity contribution in [2.45, 2.75) is 45.3 Å². The molecular formula is C14H22N2O4. The molecule has 1 N–H and O–H groups in total. The lowest BCUT2D eigenvalue weighted by Crippen LogP contribution is -2.42. The highest BCUT2D eigenvalue weighted by molar-refractivity contribution is 5.68. The van der Waals surface area contributed by atoms with Gasteiger partial charge >= 0.3 is 6.09 Å². The summed E-state index contributed by atoms with van der Waals surface area (Å²) >= 11 is 0. The van der Waals surface area contributed by atoms with Gasteiger partial charge in [-0.2, -0.15) is 0 Å². The van der Waals surface area contributed by atoms with Crippen molar-refractivity contribution in [1.82, 2.24) is 9.88 Å². The first kappa shape index (κ1) is 14.8. The Kier molecular flexibility index (Phi) is 4.32. The second-order valence-corrected chi connectivity index (χ2v) is 6.12. The molecule has 2 rings (SSSR count). The van der Waals surface area contributed by atoms with Crippen LogP contribution < -0.4 is 0 Å². The van der Waals surface area contributed by atoms with Gasteiger partial charge in [-0.3, -0.25) is 0 Å². The Bertz CT molecular complexity index is 431. The van der Waals surface area contributed by atoms with Crippen LogP contribution in [0.15, 0.2) is 16.9 Å². The third kappa shape index (κ3) is 3.72. The Labute approximate surface area is 118 Å². The minimum atomic E-state index is -0.703. The van der Waals surface area contributed by atoms with Gasteiger partial charge in [0.25, 0.3) is 0 Å². The molecule has 0 spiro atoms. The summed E-state index contributed by atoms with van der Waals surface area (Å²) in [7, 11) is 0. The monoisotopic (exact) mass is 282 g/mol. The Morgan fingerprint density at radius 1 is 1.50 bits per heavy atom. The van der Waals surface area contributed by atoms with E-state index in [4.69, 9.17) is 9.15 Å². The molecule has 6 nitrogen and oxygen atoms in total. The van der Waals surface area contributed by atoms with Crippen LogP contribution in [0.25, 0.3) is 0 Å². The predicted molar refractivity (Wildman–Crippen MR) is 72.0 cm³/mol. The summed E-state index contributed by atoms with van der Waals surface area (Å²) in [5.74, 6) is 0.410. The Morgan fingerprint density at radius 3 is 2.65 bits per heavy atom. The molecule has 1 amide bonds. The summed E-state index contributed by atoms with van der Waals surface area (Å²) in [5, 5.41) is 10.2. The molecule has 1 atom stereocenters. The fourth-order valence-corrected chi connectivity index (χ4v) is 2.31. The summed E-state index contributed by atoms with van der Waals surface area (Å²) in [6.07, 6.45) is 3.40. The number of aromatic nitrogens is 1. The van der Waals surface area contributed by atoms with Crippen molar-refractivity contribution in [3.8, 4) is 0 Å². The minimum absolute atomic E-state index is 0.0623. The number of aliphatic hydroxyl groups excluding tert-OH is 1. The predicted octanol–water partition coefficient (Wildman–Crippen LogP) is 2.36. The first-order valence-electron chi connectivity index (χ1n) is 6.92. The number of rotatable bonds is 2. The Morgan fingerprint density at radius 2 is 2.15 bits per heavy atom. The normalized spacial score (nSPS) is 18.9. The maximum absolute atomic E-state index is 11.9. The van der Waals surface area contributed by atoms with Gasteiger partial charge in [-0.1, -0.05) is 0 Å². The van der Waals surface area contributed by atoms with Gasteiger partial charge in [-0.15, -0.1) is 0 Å². The van der Waals surface area contributed by atoms with Gasteiger partial charge in [0, 0.05) is 13.1 Å². The van der Waals surface area contributed by atoms with Crippen LogP contribution in [0.5, 0.6) is 0 Å². The smallest absolute Gasteiger partial charge is 0.410 e. The molecule has 0 radical (unpaired) electrons. The van der Waals surface area contributed by atoms with Crippen LogP contribution in [-0.2, 0) is 4.74 Å². The topological polar surface area (TPSA) is 75.8 Å². The third-order valence-corrected chi connectivity index (χ3v) is 3.34.